The molecule has 3 rings (SSSR count). The van der Waals surface area contributed by atoms with Crippen LogP contribution in [0.2, 0.25) is 0 Å². The molecule has 0 amide bonds. The Labute approximate surface area is 104 Å². The summed E-state index contributed by atoms with van der Waals surface area (Å²) in [5, 5.41) is 9.08. The van der Waals surface area contributed by atoms with Crippen LogP contribution in [0.1, 0.15) is 21.6 Å². The van der Waals surface area contributed by atoms with Crippen LogP contribution in [0.3, 0.4) is 0 Å². The lowest BCUT2D eigenvalue weighted by molar-refractivity contribution is 0.0695. The number of aromatic carboxylic acids is 1. The maximum Gasteiger partial charge on any atom is 0.337 e. The van der Waals surface area contributed by atoms with Gasteiger partial charge in [-0.15, -0.1) is 0 Å². The number of aryl methyl sites for hydroxylation is 1. The third-order valence-corrected chi connectivity index (χ3v) is 3.05. The summed E-state index contributed by atoms with van der Waals surface area (Å²) >= 11 is 0. The highest BCUT2D eigenvalue weighted by atomic mass is 16.5. The van der Waals surface area contributed by atoms with Crippen LogP contribution < -0.4 is 4.74 Å². The molecule has 1 aromatic carbocycles. The molecule has 1 N–H and O–H groups in total. The number of hydrogen-bond donors (Lipinski definition) is 1. The number of para-hydroxylation sites is 1. The maximum atomic E-state index is 11.1. The molecule has 1 aliphatic heterocycles. The van der Waals surface area contributed by atoms with Gasteiger partial charge in [0.15, 0.2) is 0 Å². The smallest absolute Gasteiger partial charge is 0.337 e. The number of benzene rings is 1. The van der Waals surface area contributed by atoms with Crippen molar-refractivity contribution in [2.45, 2.75) is 13.5 Å². The standard InChI is InChI=1S/C14H11NO3/c1-8-11(14(16)17)6-9-7-18-12-5-3-2-4-10(12)13(9)15-8/h2-6H,7H2,1H3,(H,16,17). The van der Waals surface area contributed by atoms with E-state index in [9.17, 15) is 4.79 Å². The fraction of sp³-hybridized carbons (Fsp3) is 0.143. The van der Waals surface area contributed by atoms with Gasteiger partial charge in [-0.05, 0) is 25.1 Å². The second-order valence-corrected chi connectivity index (χ2v) is 4.22. The summed E-state index contributed by atoms with van der Waals surface area (Å²) < 4.78 is 5.59. The molecule has 0 unspecified atom stereocenters. The number of nitrogens with zero attached hydrogens (tertiary/aromatic N) is 1. The van der Waals surface area contributed by atoms with Crippen molar-refractivity contribution in [3.05, 3.63) is 47.2 Å². The number of pyridine rings is 1. The van der Waals surface area contributed by atoms with Crippen molar-refractivity contribution < 1.29 is 14.6 Å². The molecule has 0 bridgehead atoms. The minimum atomic E-state index is -0.957. The van der Waals surface area contributed by atoms with E-state index in [4.69, 9.17) is 9.84 Å². The Balaban J connectivity index is 2.24. The number of carboxylic acid groups (broad SMARTS) is 1. The molecule has 1 aromatic heterocycles. The third-order valence-electron chi connectivity index (χ3n) is 3.05. The number of carbonyl (C=O) groups is 1. The minimum absolute atomic E-state index is 0.233. The van der Waals surface area contributed by atoms with Gasteiger partial charge in [0.2, 0.25) is 0 Å². The first-order valence-electron chi connectivity index (χ1n) is 5.63. The van der Waals surface area contributed by atoms with Crippen LogP contribution in [0.25, 0.3) is 11.3 Å². The van der Waals surface area contributed by atoms with Crippen molar-refractivity contribution >= 4 is 5.97 Å². The lowest BCUT2D eigenvalue weighted by Gasteiger charge is -2.20. The van der Waals surface area contributed by atoms with Crippen molar-refractivity contribution in [1.82, 2.24) is 4.98 Å². The predicted molar refractivity (Wildman–Crippen MR) is 65.7 cm³/mol. The topological polar surface area (TPSA) is 59.4 Å². The molecular formula is C14H11NO3. The lowest BCUT2D eigenvalue weighted by atomic mass is 10.00. The molecule has 0 radical (unpaired) electrons. The first-order valence-corrected chi connectivity index (χ1v) is 5.63. The van der Waals surface area contributed by atoms with Crippen LogP contribution in [-0.4, -0.2) is 16.1 Å². The van der Waals surface area contributed by atoms with E-state index < -0.39 is 5.97 Å². The van der Waals surface area contributed by atoms with Gasteiger partial charge in [0, 0.05) is 11.1 Å². The summed E-state index contributed by atoms with van der Waals surface area (Å²) in [5.41, 5.74) is 3.31. The van der Waals surface area contributed by atoms with Gasteiger partial charge in [-0.3, -0.25) is 4.98 Å². The van der Waals surface area contributed by atoms with E-state index in [2.05, 4.69) is 4.98 Å². The van der Waals surface area contributed by atoms with Crippen molar-refractivity contribution in [3.8, 4) is 17.0 Å². The molecule has 0 atom stereocenters. The van der Waals surface area contributed by atoms with Gasteiger partial charge in [-0.2, -0.15) is 0 Å². The Morgan fingerprint density at radius 3 is 2.94 bits per heavy atom. The van der Waals surface area contributed by atoms with Gasteiger partial charge in [0.25, 0.3) is 0 Å². The molecule has 0 saturated heterocycles. The van der Waals surface area contributed by atoms with Crippen LogP contribution in [0, 0.1) is 6.92 Å². The van der Waals surface area contributed by atoms with Gasteiger partial charge >= 0.3 is 5.97 Å². The van der Waals surface area contributed by atoms with Crippen LogP contribution in [0.15, 0.2) is 30.3 Å². The van der Waals surface area contributed by atoms with Crippen LogP contribution in [0.4, 0.5) is 0 Å². The van der Waals surface area contributed by atoms with Crippen LogP contribution in [-0.2, 0) is 6.61 Å². The summed E-state index contributed by atoms with van der Waals surface area (Å²) in [5.74, 6) is -0.165. The van der Waals surface area contributed by atoms with Gasteiger partial charge in [-0.25, -0.2) is 4.79 Å². The molecule has 0 fully saturated rings. The van der Waals surface area contributed by atoms with Crippen molar-refractivity contribution in [2.75, 3.05) is 0 Å². The second kappa shape index (κ2) is 3.84. The quantitative estimate of drug-likeness (QED) is 0.833. The summed E-state index contributed by atoms with van der Waals surface area (Å²) in [7, 11) is 0. The van der Waals surface area contributed by atoms with E-state index in [0.29, 0.717) is 12.3 Å². The minimum Gasteiger partial charge on any atom is -0.488 e. The number of hydrogen-bond acceptors (Lipinski definition) is 3. The number of aromatic nitrogens is 1. The highest BCUT2D eigenvalue weighted by molar-refractivity contribution is 5.90. The van der Waals surface area contributed by atoms with E-state index in [1.165, 1.54) is 0 Å². The monoisotopic (exact) mass is 241 g/mol. The van der Waals surface area contributed by atoms with E-state index in [-0.39, 0.29) is 5.56 Å². The molecule has 4 heteroatoms. The number of fused-ring (bicyclic) bond motifs is 3. The largest absolute Gasteiger partial charge is 0.488 e. The van der Waals surface area contributed by atoms with E-state index >= 15 is 0 Å². The average Bonchev–Trinajstić information content (AvgIpc) is 2.37. The van der Waals surface area contributed by atoms with Crippen LogP contribution in [0.5, 0.6) is 5.75 Å². The third kappa shape index (κ3) is 1.54. The Bertz CT molecular complexity index is 649. The molecule has 90 valence electrons. The zero-order valence-electron chi connectivity index (χ0n) is 9.80. The first kappa shape index (κ1) is 10.8. The SMILES string of the molecule is Cc1nc2c(cc1C(=O)O)COc1ccccc1-2. The summed E-state index contributed by atoms with van der Waals surface area (Å²) in [4.78, 5) is 15.5. The Kier molecular flexibility index (Phi) is 2.30. The van der Waals surface area contributed by atoms with Gasteiger partial charge in [0.05, 0.1) is 17.0 Å². The van der Waals surface area contributed by atoms with Crippen molar-refractivity contribution in [2.24, 2.45) is 0 Å². The molecule has 0 saturated carbocycles. The molecule has 4 nitrogen and oxygen atoms in total. The average molecular weight is 241 g/mol. The highest BCUT2D eigenvalue weighted by Gasteiger charge is 2.21. The molecule has 0 spiro atoms. The molecule has 2 aromatic rings. The molecule has 18 heavy (non-hydrogen) atoms. The molecule has 1 aliphatic rings. The predicted octanol–water partition coefficient (Wildman–Crippen LogP) is 2.65. The van der Waals surface area contributed by atoms with E-state index in [1.54, 1.807) is 13.0 Å². The molecular weight excluding hydrogens is 230 g/mol. The Morgan fingerprint density at radius 1 is 1.39 bits per heavy atom. The van der Waals surface area contributed by atoms with E-state index in [0.717, 1.165) is 22.6 Å². The van der Waals surface area contributed by atoms with Gasteiger partial charge < -0.3 is 9.84 Å². The zero-order valence-corrected chi connectivity index (χ0v) is 9.80. The molecule has 2 heterocycles. The molecule has 0 aliphatic carbocycles. The summed E-state index contributed by atoms with van der Waals surface area (Å²) in [6, 6.07) is 9.29. The number of carboxylic acids is 1. The number of rotatable bonds is 1. The van der Waals surface area contributed by atoms with Gasteiger partial charge in [0.1, 0.15) is 12.4 Å². The zero-order chi connectivity index (χ0) is 12.7. The van der Waals surface area contributed by atoms with Crippen LogP contribution >= 0.6 is 0 Å². The fourth-order valence-corrected chi connectivity index (χ4v) is 2.15. The van der Waals surface area contributed by atoms with Gasteiger partial charge in [-0.1, -0.05) is 12.1 Å². The summed E-state index contributed by atoms with van der Waals surface area (Å²) in [6.45, 7) is 2.07. The lowest BCUT2D eigenvalue weighted by Crippen LogP contribution is -2.11. The Hall–Kier alpha value is -2.36. The maximum absolute atomic E-state index is 11.1. The number of ether oxygens (including phenoxy) is 1. The van der Waals surface area contributed by atoms with E-state index in [1.807, 2.05) is 24.3 Å². The van der Waals surface area contributed by atoms with Crippen molar-refractivity contribution in [3.63, 3.8) is 0 Å². The summed E-state index contributed by atoms with van der Waals surface area (Å²) in [6.07, 6.45) is 0. The first-order chi connectivity index (χ1) is 8.66. The highest BCUT2D eigenvalue weighted by Crippen LogP contribution is 2.36. The normalized spacial score (nSPS) is 12.3. The van der Waals surface area contributed by atoms with Crippen molar-refractivity contribution in [1.29, 1.82) is 0 Å². The Morgan fingerprint density at radius 2 is 2.17 bits per heavy atom. The fourth-order valence-electron chi connectivity index (χ4n) is 2.15. The second-order valence-electron chi connectivity index (χ2n) is 4.22.